The number of carboxylic acid groups (broad SMARTS) is 1. The van der Waals surface area contributed by atoms with Gasteiger partial charge >= 0.3 is 5.97 Å². The lowest BCUT2D eigenvalue weighted by Crippen LogP contribution is -2.62. The number of carboxylic acids is 1. The van der Waals surface area contributed by atoms with Crippen molar-refractivity contribution in [2.45, 2.75) is 75.4 Å². The maximum absolute atomic E-state index is 13.2. The number of hydrogen-bond acceptors (Lipinski definition) is 11. The molecule has 0 bridgehead atoms. The minimum absolute atomic E-state index is 0.00163. The summed E-state index contributed by atoms with van der Waals surface area (Å²) >= 11 is 1.44. The van der Waals surface area contributed by atoms with Crippen molar-refractivity contribution in [2.75, 3.05) is 19.6 Å². The molecule has 220 valence electrons. The summed E-state index contributed by atoms with van der Waals surface area (Å²) in [6.07, 6.45) is 3.49. The number of carbonyl (C=O) groups excluding carboxylic acids is 3. The van der Waals surface area contributed by atoms with Gasteiger partial charge in [-0.05, 0) is 35.6 Å². The van der Waals surface area contributed by atoms with Gasteiger partial charge in [-0.2, -0.15) is 5.26 Å². The molecule has 41 heavy (non-hydrogen) atoms. The van der Waals surface area contributed by atoms with Crippen LogP contribution in [0.3, 0.4) is 0 Å². The standard InChI is InChI=1S/C26H35N9O5S/c1-14(9-16(36)12-34-13-30-31-32-34)19-20-15(2)22(21(25(39)40)35(20)24(19)38)41-17-10-18(29-11-17)23(37)33-7-4-26(28,3-6-27)5-8-33/h13-15,17-20,29H,3-5,7-12,28H2,1-2H3,(H,39,40)/t14-,15+,17?,18?,19+,20+/m0/s1. The van der Waals surface area contributed by atoms with Gasteiger partial charge in [0.05, 0.1) is 30.5 Å². The first-order valence-corrected chi connectivity index (χ1v) is 14.8. The molecule has 3 saturated heterocycles. The van der Waals surface area contributed by atoms with E-state index in [4.69, 9.17) is 11.0 Å². The molecule has 4 aliphatic rings. The van der Waals surface area contributed by atoms with Crippen LogP contribution in [-0.4, -0.2) is 101 Å². The Hall–Kier alpha value is -3.35. The molecule has 0 spiro atoms. The van der Waals surface area contributed by atoms with E-state index in [9.17, 15) is 24.3 Å². The molecular formula is C26H35N9O5S. The van der Waals surface area contributed by atoms with Gasteiger partial charge in [-0.25, -0.2) is 9.48 Å². The van der Waals surface area contributed by atoms with E-state index < -0.39 is 17.4 Å². The normalized spacial score (nSPS) is 29.6. The Morgan fingerprint density at radius 3 is 2.71 bits per heavy atom. The van der Waals surface area contributed by atoms with Crippen LogP contribution >= 0.6 is 11.8 Å². The molecule has 0 aromatic carbocycles. The number of fused-ring (bicyclic) bond motifs is 1. The number of β-lactam (4-membered cyclic amide) rings is 1. The number of thioether (sulfide) groups is 1. The van der Waals surface area contributed by atoms with Crippen molar-refractivity contribution >= 4 is 35.3 Å². The number of aromatic nitrogens is 4. The number of Topliss-reactive ketones (excluding diaryl/α,β-unsaturated/α-hetero) is 1. The molecule has 1 aromatic heterocycles. The number of rotatable bonds is 10. The van der Waals surface area contributed by atoms with Crippen molar-refractivity contribution in [1.29, 1.82) is 5.26 Å². The molecule has 0 aliphatic carbocycles. The summed E-state index contributed by atoms with van der Waals surface area (Å²) in [6.45, 7) is 5.36. The fourth-order valence-corrected chi connectivity index (χ4v) is 8.12. The quantitative estimate of drug-likeness (QED) is 0.304. The molecule has 5 heterocycles. The van der Waals surface area contributed by atoms with Crippen molar-refractivity contribution < 1.29 is 24.3 Å². The van der Waals surface area contributed by atoms with Gasteiger partial charge in [0.2, 0.25) is 11.8 Å². The second-order valence-corrected chi connectivity index (χ2v) is 13.1. The fraction of sp³-hybridized carbons (Fsp3) is 0.692. The molecule has 4 aliphatic heterocycles. The zero-order valence-corrected chi connectivity index (χ0v) is 23.9. The van der Waals surface area contributed by atoms with Gasteiger partial charge < -0.3 is 26.0 Å². The van der Waals surface area contributed by atoms with Crippen molar-refractivity contribution in [1.82, 2.24) is 35.3 Å². The number of tetrazole rings is 1. The monoisotopic (exact) mass is 585 g/mol. The SMILES string of the molecule is C[C@@H](CC(=O)Cn1cnnn1)[C@H]1C(=O)N2C(C(=O)O)=C(SC3CNC(C(=O)N4CCC(N)(CC#N)CC4)C3)[C@H](C)[C@H]12. The number of likely N-dealkylation sites (tertiary alicyclic amines) is 1. The number of piperidine rings is 1. The summed E-state index contributed by atoms with van der Waals surface area (Å²) in [4.78, 5) is 55.1. The van der Waals surface area contributed by atoms with Gasteiger partial charge in [-0.15, -0.1) is 16.9 Å². The third-order valence-corrected chi connectivity index (χ3v) is 10.4. The van der Waals surface area contributed by atoms with Crippen molar-refractivity contribution in [3.8, 4) is 6.07 Å². The molecular weight excluding hydrogens is 550 g/mol. The minimum Gasteiger partial charge on any atom is -0.477 e. The van der Waals surface area contributed by atoms with E-state index in [1.54, 1.807) is 4.90 Å². The summed E-state index contributed by atoms with van der Waals surface area (Å²) in [5.41, 5.74) is 5.75. The van der Waals surface area contributed by atoms with Crippen LogP contribution < -0.4 is 11.1 Å². The molecule has 2 unspecified atom stereocenters. The number of amides is 2. The third kappa shape index (κ3) is 5.60. The summed E-state index contributed by atoms with van der Waals surface area (Å²) < 4.78 is 1.33. The van der Waals surface area contributed by atoms with Gasteiger partial charge in [0, 0.05) is 47.7 Å². The first-order chi connectivity index (χ1) is 19.5. The Balaban J connectivity index is 1.20. The fourth-order valence-electron chi connectivity index (χ4n) is 6.64. The number of aliphatic carboxylic acids is 1. The molecule has 5 rings (SSSR count). The Kier molecular flexibility index (Phi) is 8.18. The number of nitriles is 1. The molecule has 2 amide bonds. The van der Waals surface area contributed by atoms with Crippen LogP contribution in [0, 0.1) is 29.1 Å². The zero-order valence-electron chi connectivity index (χ0n) is 23.1. The molecule has 1 aromatic rings. The molecule has 0 radical (unpaired) electrons. The number of nitrogens with one attached hydrogen (secondary N) is 1. The van der Waals surface area contributed by atoms with Crippen molar-refractivity contribution in [2.24, 2.45) is 23.5 Å². The Morgan fingerprint density at radius 2 is 2.07 bits per heavy atom. The Morgan fingerprint density at radius 1 is 1.34 bits per heavy atom. The van der Waals surface area contributed by atoms with Crippen LogP contribution in [0.2, 0.25) is 0 Å². The summed E-state index contributed by atoms with van der Waals surface area (Å²) in [5.74, 6) is -2.46. The van der Waals surface area contributed by atoms with Crippen LogP contribution in [0.25, 0.3) is 0 Å². The summed E-state index contributed by atoms with van der Waals surface area (Å²) in [5, 5.41) is 33.1. The maximum Gasteiger partial charge on any atom is 0.353 e. The molecule has 6 atom stereocenters. The van der Waals surface area contributed by atoms with Crippen LogP contribution in [0.15, 0.2) is 16.9 Å². The lowest BCUT2D eigenvalue weighted by atomic mass is 9.73. The first kappa shape index (κ1) is 29.2. The first-order valence-electron chi connectivity index (χ1n) is 13.9. The van der Waals surface area contributed by atoms with E-state index in [2.05, 4.69) is 26.9 Å². The topological polar surface area (TPSA) is 200 Å². The predicted octanol–water partition coefficient (Wildman–Crippen LogP) is -0.261. The van der Waals surface area contributed by atoms with Crippen LogP contribution in [-0.2, 0) is 25.7 Å². The van der Waals surface area contributed by atoms with Crippen LogP contribution in [0.4, 0.5) is 0 Å². The van der Waals surface area contributed by atoms with Crippen molar-refractivity contribution in [3.05, 3.63) is 16.9 Å². The second-order valence-electron chi connectivity index (χ2n) is 11.7. The van der Waals surface area contributed by atoms with Crippen molar-refractivity contribution in [3.63, 3.8) is 0 Å². The Labute approximate surface area is 241 Å². The van der Waals surface area contributed by atoms with Gasteiger partial charge in [-0.1, -0.05) is 13.8 Å². The van der Waals surface area contributed by atoms with E-state index >= 15 is 0 Å². The van der Waals surface area contributed by atoms with Gasteiger partial charge in [0.25, 0.3) is 0 Å². The predicted molar refractivity (Wildman–Crippen MR) is 145 cm³/mol. The lowest BCUT2D eigenvalue weighted by molar-refractivity contribution is -0.160. The largest absolute Gasteiger partial charge is 0.477 e. The van der Waals surface area contributed by atoms with Crippen LogP contribution in [0.1, 0.15) is 46.0 Å². The molecule has 14 nitrogen and oxygen atoms in total. The van der Waals surface area contributed by atoms with Gasteiger partial charge in [0.1, 0.15) is 18.6 Å². The summed E-state index contributed by atoms with van der Waals surface area (Å²) in [7, 11) is 0. The van der Waals surface area contributed by atoms with E-state index in [0.29, 0.717) is 43.8 Å². The number of carbonyl (C=O) groups is 4. The van der Waals surface area contributed by atoms with Crippen LogP contribution in [0.5, 0.6) is 0 Å². The molecule has 0 saturated carbocycles. The second kappa shape index (κ2) is 11.5. The average molecular weight is 586 g/mol. The third-order valence-electron chi connectivity index (χ3n) is 8.87. The highest BCUT2D eigenvalue weighted by Gasteiger charge is 2.60. The zero-order chi connectivity index (χ0) is 29.5. The van der Waals surface area contributed by atoms with E-state index in [1.165, 1.54) is 27.7 Å². The number of nitrogens with two attached hydrogens (primary N) is 1. The van der Waals surface area contributed by atoms with E-state index in [0.717, 1.165) is 0 Å². The lowest BCUT2D eigenvalue weighted by Gasteiger charge is -2.47. The molecule has 15 heteroatoms. The van der Waals surface area contributed by atoms with Gasteiger partial charge in [-0.3, -0.25) is 14.4 Å². The highest BCUT2D eigenvalue weighted by molar-refractivity contribution is 8.03. The molecule has 3 fully saturated rings. The summed E-state index contributed by atoms with van der Waals surface area (Å²) in [6, 6.07) is 1.43. The van der Waals surface area contributed by atoms with E-state index in [-0.39, 0.29) is 71.9 Å². The highest BCUT2D eigenvalue weighted by Crippen LogP contribution is 2.53. The number of nitrogens with zero attached hydrogens (tertiary/aromatic N) is 7. The molecule has 4 N–H and O–H groups in total. The van der Waals surface area contributed by atoms with Gasteiger partial charge in [0.15, 0.2) is 5.78 Å². The maximum atomic E-state index is 13.2. The Bertz CT molecular complexity index is 1290. The minimum atomic E-state index is -1.15. The number of ketones is 1. The highest BCUT2D eigenvalue weighted by atomic mass is 32.2. The average Bonchev–Trinajstić information content (AvgIpc) is 3.65. The van der Waals surface area contributed by atoms with E-state index in [1.807, 2.05) is 13.8 Å². The smallest absolute Gasteiger partial charge is 0.353 e. The number of hydrogen-bond donors (Lipinski definition) is 3.